The van der Waals surface area contributed by atoms with Crippen molar-refractivity contribution in [3.63, 3.8) is 0 Å². The number of aromatic nitrogens is 2. The minimum absolute atomic E-state index is 0.347. The summed E-state index contributed by atoms with van der Waals surface area (Å²) < 4.78 is 1.88. The molecule has 1 heterocycles. The zero-order valence-corrected chi connectivity index (χ0v) is 10.3. The van der Waals surface area contributed by atoms with Crippen molar-refractivity contribution in [1.82, 2.24) is 9.78 Å². The first-order chi connectivity index (χ1) is 7.50. The van der Waals surface area contributed by atoms with Crippen molar-refractivity contribution < 1.29 is 9.90 Å². The van der Waals surface area contributed by atoms with Gasteiger partial charge >= 0.3 is 5.97 Å². The maximum absolute atomic E-state index is 10.5. The number of carboxylic acids is 1. The number of rotatable bonds is 6. The maximum Gasteiger partial charge on any atom is 0.321 e. The van der Waals surface area contributed by atoms with E-state index in [1.54, 1.807) is 0 Å². The molecule has 1 rings (SSSR count). The lowest BCUT2D eigenvalue weighted by Crippen LogP contribution is -2.32. The smallest absolute Gasteiger partial charge is 0.321 e. The second kappa shape index (κ2) is 5.91. The molecular formula is C10H17N3O2S. The van der Waals surface area contributed by atoms with Gasteiger partial charge < -0.3 is 10.8 Å². The lowest BCUT2D eigenvalue weighted by molar-refractivity contribution is -0.137. The third-order valence-electron chi connectivity index (χ3n) is 2.06. The molecule has 0 bridgehead atoms. The number of aliphatic carboxylic acids is 1. The summed E-state index contributed by atoms with van der Waals surface area (Å²) in [5.41, 5.74) is 6.34. The molecule has 16 heavy (non-hydrogen) atoms. The molecule has 0 spiro atoms. The van der Waals surface area contributed by atoms with E-state index in [-0.39, 0.29) is 0 Å². The summed E-state index contributed by atoms with van der Waals surface area (Å²) in [5.74, 6) is 0.144. The number of carboxylic acid groups (broad SMARTS) is 1. The van der Waals surface area contributed by atoms with Gasteiger partial charge in [0.15, 0.2) is 0 Å². The Morgan fingerprint density at radius 3 is 2.88 bits per heavy atom. The third kappa shape index (κ3) is 3.86. The van der Waals surface area contributed by atoms with Crippen LogP contribution in [0.4, 0.5) is 0 Å². The van der Waals surface area contributed by atoms with E-state index in [0.29, 0.717) is 17.5 Å². The number of carbonyl (C=O) groups is 1. The highest BCUT2D eigenvalue weighted by molar-refractivity contribution is 7.98. The Bertz CT molecular complexity index is 352. The highest BCUT2D eigenvalue weighted by Crippen LogP contribution is 2.12. The summed E-state index contributed by atoms with van der Waals surface area (Å²) in [7, 11) is 0. The SMILES string of the molecule is CC(C)n1ccc(CSC[C@@H](N)C(=O)O)n1. The van der Waals surface area contributed by atoms with E-state index in [4.69, 9.17) is 10.8 Å². The monoisotopic (exact) mass is 243 g/mol. The summed E-state index contributed by atoms with van der Waals surface area (Å²) >= 11 is 1.49. The van der Waals surface area contributed by atoms with Gasteiger partial charge in [0.2, 0.25) is 0 Å². The third-order valence-corrected chi connectivity index (χ3v) is 3.15. The van der Waals surface area contributed by atoms with Gasteiger partial charge in [0, 0.05) is 23.7 Å². The average Bonchev–Trinajstić information content (AvgIpc) is 2.66. The molecule has 0 unspecified atom stereocenters. The van der Waals surface area contributed by atoms with Crippen LogP contribution in [0.25, 0.3) is 0 Å². The zero-order valence-electron chi connectivity index (χ0n) is 9.46. The van der Waals surface area contributed by atoms with Gasteiger partial charge in [0.1, 0.15) is 6.04 Å². The summed E-state index contributed by atoms with van der Waals surface area (Å²) in [5, 5.41) is 13.0. The van der Waals surface area contributed by atoms with Gasteiger partial charge in [-0.3, -0.25) is 9.48 Å². The first-order valence-electron chi connectivity index (χ1n) is 5.11. The molecule has 1 aromatic rings. The van der Waals surface area contributed by atoms with E-state index in [0.717, 1.165) is 5.69 Å². The minimum Gasteiger partial charge on any atom is -0.480 e. The van der Waals surface area contributed by atoms with Crippen molar-refractivity contribution >= 4 is 17.7 Å². The van der Waals surface area contributed by atoms with Crippen LogP contribution in [0.3, 0.4) is 0 Å². The van der Waals surface area contributed by atoms with Gasteiger partial charge in [0.25, 0.3) is 0 Å². The Morgan fingerprint density at radius 1 is 1.69 bits per heavy atom. The molecule has 5 nitrogen and oxygen atoms in total. The van der Waals surface area contributed by atoms with Crippen LogP contribution in [0.1, 0.15) is 25.6 Å². The van der Waals surface area contributed by atoms with E-state index >= 15 is 0 Å². The van der Waals surface area contributed by atoms with Crippen LogP contribution in [0, 0.1) is 0 Å². The molecule has 0 aliphatic rings. The first-order valence-corrected chi connectivity index (χ1v) is 6.26. The molecule has 0 aliphatic heterocycles. The fourth-order valence-corrected chi connectivity index (χ4v) is 1.98. The topological polar surface area (TPSA) is 81.1 Å². The second-order valence-electron chi connectivity index (χ2n) is 3.84. The first kappa shape index (κ1) is 13.1. The molecule has 0 radical (unpaired) electrons. The fourth-order valence-electron chi connectivity index (χ4n) is 1.10. The Labute approximate surface area is 99.0 Å². The second-order valence-corrected chi connectivity index (χ2v) is 4.87. The van der Waals surface area contributed by atoms with Gasteiger partial charge in [-0.25, -0.2) is 0 Å². The number of thioether (sulfide) groups is 1. The fraction of sp³-hybridized carbons (Fsp3) is 0.600. The van der Waals surface area contributed by atoms with Gasteiger partial charge in [0.05, 0.1) is 5.69 Å². The van der Waals surface area contributed by atoms with Gasteiger partial charge in [-0.05, 0) is 19.9 Å². The summed E-state index contributed by atoms with van der Waals surface area (Å²) in [4.78, 5) is 10.5. The van der Waals surface area contributed by atoms with Gasteiger partial charge in [-0.1, -0.05) is 0 Å². The van der Waals surface area contributed by atoms with Crippen molar-refractivity contribution in [3.05, 3.63) is 18.0 Å². The minimum atomic E-state index is -0.958. The van der Waals surface area contributed by atoms with Crippen LogP contribution in [0.15, 0.2) is 12.3 Å². The molecule has 0 saturated carbocycles. The highest BCUT2D eigenvalue weighted by Gasteiger charge is 2.11. The Hall–Kier alpha value is -1.01. The van der Waals surface area contributed by atoms with E-state index in [1.165, 1.54) is 11.8 Å². The Kier molecular flexibility index (Phi) is 4.82. The predicted octanol–water partition coefficient (Wildman–Crippen LogP) is 1.11. The molecule has 0 amide bonds. The average molecular weight is 243 g/mol. The highest BCUT2D eigenvalue weighted by atomic mass is 32.2. The van der Waals surface area contributed by atoms with Crippen LogP contribution in [-0.4, -0.2) is 32.7 Å². The maximum atomic E-state index is 10.5. The van der Waals surface area contributed by atoms with Crippen LogP contribution in [-0.2, 0) is 10.5 Å². The molecule has 3 N–H and O–H groups in total. The Balaban J connectivity index is 2.34. The standard InChI is InChI=1S/C10H17N3O2S/c1-7(2)13-4-3-8(12-13)5-16-6-9(11)10(14)15/h3-4,7,9H,5-6,11H2,1-2H3,(H,14,15)/t9-/m1/s1. The Morgan fingerprint density at radius 2 is 2.38 bits per heavy atom. The molecular weight excluding hydrogens is 226 g/mol. The van der Waals surface area contributed by atoms with Crippen LogP contribution >= 0.6 is 11.8 Å². The number of nitrogens with two attached hydrogens (primary N) is 1. The molecule has 0 aliphatic carbocycles. The number of nitrogens with zero attached hydrogens (tertiary/aromatic N) is 2. The number of hydrogen-bond donors (Lipinski definition) is 2. The number of hydrogen-bond acceptors (Lipinski definition) is 4. The van der Waals surface area contributed by atoms with Gasteiger partial charge in [-0.15, -0.1) is 0 Å². The molecule has 0 aromatic carbocycles. The van der Waals surface area contributed by atoms with E-state index < -0.39 is 12.0 Å². The van der Waals surface area contributed by atoms with Crippen LogP contribution < -0.4 is 5.73 Å². The van der Waals surface area contributed by atoms with Gasteiger partial charge in [-0.2, -0.15) is 16.9 Å². The van der Waals surface area contributed by atoms with Crippen molar-refractivity contribution in [2.45, 2.75) is 31.7 Å². The lowest BCUT2D eigenvalue weighted by Gasteiger charge is -2.05. The summed E-state index contributed by atoms with van der Waals surface area (Å²) in [6.45, 7) is 4.12. The van der Waals surface area contributed by atoms with Crippen LogP contribution in [0.2, 0.25) is 0 Å². The molecule has 6 heteroatoms. The van der Waals surface area contributed by atoms with E-state index in [9.17, 15) is 4.79 Å². The molecule has 90 valence electrons. The normalized spacial score (nSPS) is 13.0. The molecule has 0 saturated heterocycles. The zero-order chi connectivity index (χ0) is 12.1. The van der Waals surface area contributed by atoms with Crippen molar-refractivity contribution in [1.29, 1.82) is 0 Å². The quantitative estimate of drug-likeness (QED) is 0.782. The molecule has 1 aromatic heterocycles. The van der Waals surface area contributed by atoms with Crippen molar-refractivity contribution in [2.24, 2.45) is 5.73 Å². The van der Waals surface area contributed by atoms with E-state index in [2.05, 4.69) is 18.9 Å². The largest absolute Gasteiger partial charge is 0.480 e. The van der Waals surface area contributed by atoms with Crippen molar-refractivity contribution in [2.75, 3.05) is 5.75 Å². The van der Waals surface area contributed by atoms with Crippen molar-refractivity contribution in [3.8, 4) is 0 Å². The summed E-state index contributed by atoms with van der Waals surface area (Å²) in [6.07, 6.45) is 1.93. The molecule has 0 fully saturated rings. The molecule has 1 atom stereocenters. The van der Waals surface area contributed by atoms with E-state index in [1.807, 2.05) is 16.9 Å². The predicted molar refractivity (Wildman–Crippen MR) is 64.4 cm³/mol. The van der Waals surface area contributed by atoms with Crippen LogP contribution in [0.5, 0.6) is 0 Å². The summed E-state index contributed by atoms with van der Waals surface area (Å²) in [6, 6.07) is 1.50. The lowest BCUT2D eigenvalue weighted by atomic mass is 10.4.